The lowest BCUT2D eigenvalue weighted by molar-refractivity contribution is 0.282. The van der Waals surface area contributed by atoms with E-state index in [1.54, 1.807) is 0 Å². The Morgan fingerprint density at radius 1 is 0.409 bits per heavy atom. The molecule has 8 rings (SSSR count). The fourth-order valence-corrected chi connectivity index (χ4v) is 6.16. The Labute approximate surface area is 254 Å². The van der Waals surface area contributed by atoms with Gasteiger partial charge in [-0.1, -0.05) is 91.0 Å². The number of benzene rings is 3. The molecule has 0 unspecified atom stereocenters. The average Bonchev–Trinajstić information content (AvgIpc) is 3.90. The first kappa shape index (κ1) is 25.9. The van der Waals surface area contributed by atoms with Crippen molar-refractivity contribution < 1.29 is 5.11 Å². The highest BCUT2D eigenvalue weighted by Crippen LogP contribution is 2.36. The number of aliphatic hydroxyl groups is 1. The van der Waals surface area contributed by atoms with Crippen LogP contribution in [0.5, 0.6) is 0 Å². The summed E-state index contributed by atoms with van der Waals surface area (Å²) in [4.78, 5) is 17.7. The minimum Gasteiger partial charge on any atom is -0.392 e. The van der Waals surface area contributed by atoms with Crippen molar-refractivity contribution in [2.75, 3.05) is 0 Å². The van der Waals surface area contributed by atoms with Crippen LogP contribution in [0.2, 0.25) is 0 Å². The van der Waals surface area contributed by atoms with Crippen molar-refractivity contribution in [2.24, 2.45) is 0 Å². The number of aliphatic hydroxyl groups excluding tert-OH is 1. The van der Waals surface area contributed by atoms with E-state index in [4.69, 9.17) is 9.97 Å². The van der Waals surface area contributed by atoms with Gasteiger partial charge in [0, 0.05) is 44.3 Å². The van der Waals surface area contributed by atoms with Crippen molar-refractivity contribution in [3.63, 3.8) is 0 Å². The van der Waals surface area contributed by atoms with Crippen LogP contribution in [-0.2, 0) is 6.61 Å². The van der Waals surface area contributed by atoms with Gasteiger partial charge < -0.3 is 15.1 Å². The number of rotatable bonds is 4. The van der Waals surface area contributed by atoms with E-state index in [1.807, 2.05) is 60.7 Å². The summed E-state index contributed by atoms with van der Waals surface area (Å²) in [7, 11) is 0. The molecule has 5 heteroatoms. The summed E-state index contributed by atoms with van der Waals surface area (Å²) in [5.41, 5.74) is 13.9. The van der Waals surface area contributed by atoms with Gasteiger partial charge in [-0.15, -0.1) is 0 Å². The van der Waals surface area contributed by atoms with Gasteiger partial charge >= 0.3 is 0 Å². The van der Waals surface area contributed by atoms with Crippen molar-refractivity contribution in [1.82, 2.24) is 19.9 Å². The van der Waals surface area contributed by atoms with Gasteiger partial charge in [0.05, 0.1) is 29.4 Å². The molecule has 0 saturated heterocycles. The van der Waals surface area contributed by atoms with Gasteiger partial charge in [0.25, 0.3) is 0 Å². The summed E-state index contributed by atoms with van der Waals surface area (Å²) in [6.45, 7) is -0.154. The van der Waals surface area contributed by atoms with E-state index in [0.717, 1.165) is 83.8 Å². The lowest BCUT2D eigenvalue weighted by Crippen LogP contribution is -1.91. The second-order valence-electron chi connectivity index (χ2n) is 10.9. The van der Waals surface area contributed by atoms with E-state index < -0.39 is 0 Å². The number of nitrogens with one attached hydrogen (secondary N) is 2. The lowest BCUT2D eigenvalue weighted by atomic mass is 10.0. The van der Waals surface area contributed by atoms with E-state index in [0.29, 0.717) is 0 Å². The molecular weight excluding hydrogens is 540 g/mol. The van der Waals surface area contributed by atoms with Crippen LogP contribution in [0.1, 0.15) is 28.3 Å². The molecule has 8 bridgehead atoms. The predicted octanol–water partition coefficient (Wildman–Crippen LogP) is 9.15. The normalized spacial score (nSPS) is 12.1. The number of hydrogen-bond acceptors (Lipinski definition) is 3. The fraction of sp³-hybridized carbons (Fsp3) is 0.0256. The molecule has 44 heavy (non-hydrogen) atoms. The molecule has 0 radical (unpaired) electrons. The summed E-state index contributed by atoms with van der Waals surface area (Å²) < 4.78 is 0. The first-order chi connectivity index (χ1) is 21.8. The largest absolute Gasteiger partial charge is 0.392 e. The highest BCUT2D eigenvalue weighted by Gasteiger charge is 2.17. The average molecular weight is 569 g/mol. The third-order valence-corrected chi connectivity index (χ3v) is 8.21. The van der Waals surface area contributed by atoms with Crippen molar-refractivity contribution in [2.45, 2.75) is 6.61 Å². The Morgan fingerprint density at radius 3 is 1.16 bits per heavy atom. The number of H-pyrrole nitrogens is 2. The van der Waals surface area contributed by atoms with Crippen molar-refractivity contribution in [1.29, 1.82) is 0 Å². The molecule has 3 aromatic carbocycles. The van der Waals surface area contributed by atoms with E-state index in [9.17, 15) is 5.11 Å². The molecule has 2 aliphatic heterocycles. The minimum atomic E-state index is -0.154. The number of hydrogen-bond donors (Lipinski definition) is 3. The first-order valence-corrected chi connectivity index (χ1v) is 14.7. The molecule has 5 nitrogen and oxygen atoms in total. The molecule has 0 spiro atoms. The Bertz CT molecular complexity index is 2210. The van der Waals surface area contributed by atoms with Gasteiger partial charge in [0.1, 0.15) is 0 Å². The van der Waals surface area contributed by atoms with E-state index in [1.165, 1.54) is 0 Å². The van der Waals surface area contributed by atoms with Crippen LogP contribution < -0.4 is 0 Å². The summed E-state index contributed by atoms with van der Waals surface area (Å²) in [6, 6.07) is 39.3. The monoisotopic (exact) mass is 568 g/mol. The third kappa shape index (κ3) is 4.47. The van der Waals surface area contributed by atoms with Gasteiger partial charge in [-0.2, -0.15) is 0 Å². The number of nitrogens with zero attached hydrogens (tertiary/aromatic N) is 2. The molecule has 3 N–H and O–H groups in total. The van der Waals surface area contributed by atoms with Crippen LogP contribution in [0.25, 0.3) is 79.8 Å². The number of fused-ring (bicyclic) bond motifs is 8. The molecule has 0 saturated carbocycles. The molecule has 210 valence electrons. The van der Waals surface area contributed by atoms with Crippen molar-refractivity contribution >= 4 is 46.4 Å². The summed E-state index contributed by atoms with van der Waals surface area (Å²) in [5.74, 6) is 0. The molecule has 3 aromatic heterocycles. The summed E-state index contributed by atoms with van der Waals surface area (Å²) in [5, 5.41) is 10.6. The van der Waals surface area contributed by atoms with Crippen LogP contribution in [0.3, 0.4) is 0 Å². The molecular formula is C39H28N4O. The first-order valence-electron chi connectivity index (χ1n) is 14.7. The molecule has 5 heterocycles. The van der Waals surface area contributed by atoms with Gasteiger partial charge in [0.2, 0.25) is 0 Å². The van der Waals surface area contributed by atoms with Crippen LogP contribution in [-0.4, -0.2) is 25.0 Å². The van der Waals surface area contributed by atoms with Gasteiger partial charge in [-0.3, -0.25) is 0 Å². The zero-order valence-electron chi connectivity index (χ0n) is 23.8. The molecule has 0 aliphatic carbocycles. The summed E-state index contributed by atoms with van der Waals surface area (Å²) in [6.07, 6.45) is 8.21. The highest BCUT2D eigenvalue weighted by atomic mass is 16.3. The van der Waals surface area contributed by atoms with Gasteiger partial charge in [-0.25, -0.2) is 9.97 Å². The zero-order valence-corrected chi connectivity index (χ0v) is 23.8. The lowest BCUT2D eigenvalue weighted by Gasteiger charge is -2.06. The second kappa shape index (κ2) is 10.8. The van der Waals surface area contributed by atoms with Crippen LogP contribution in [0.4, 0.5) is 0 Å². The Balaban J connectivity index is 1.57. The highest BCUT2D eigenvalue weighted by molar-refractivity contribution is 5.97. The van der Waals surface area contributed by atoms with Crippen molar-refractivity contribution in [3.8, 4) is 33.4 Å². The number of aromatic nitrogens is 4. The van der Waals surface area contributed by atoms with E-state index in [-0.39, 0.29) is 6.61 Å². The predicted molar refractivity (Wildman–Crippen MR) is 181 cm³/mol. The number of aromatic amines is 2. The molecule has 6 aromatic rings. The van der Waals surface area contributed by atoms with Crippen LogP contribution >= 0.6 is 0 Å². The maximum Gasteiger partial charge on any atom is 0.0737 e. The molecule has 0 fully saturated rings. The molecule has 0 atom stereocenters. The Morgan fingerprint density at radius 2 is 0.750 bits per heavy atom. The standard InChI is InChI=1S/C39H28N4O/c44-24-28-29-16-18-31(40-29)37(25-10-4-1-5-11-25)33-20-22-35(42-33)39(27-14-8-3-9-15-27)36-23-21-34(43-36)38(26-12-6-2-7-13-26)32-19-17-30(28)41-32/h1-23,40,43-44H,24H2. The fourth-order valence-electron chi connectivity index (χ4n) is 6.16. The smallest absolute Gasteiger partial charge is 0.0737 e. The van der Waals surface area contributed by atoms with Crippen molar-refractivity contribution in [3.05, 3.63) is 144 Å². The Kier molecular flexibility index (Phi) is 6.36. The quantitative estimate of drug-likeness (QED) is 0.198. The molecule has 2 aliphatic rings. The SMILES string of the molecule is OCc1c2nc(c(-c3ccccc3)c3ccc([nH]3)c(-c3ccccc3)c3nc(c(-c4ccccc4)c4ccc1[nH]4)C=C3)C=C2. The Hall–Kier alpha value is -5.78. The van der Waals surface area contributed by atoms with Crippen LogP contribution in [0.15, 0.2) is 115 Å². The topological polar surface area (TPSA) is 77.6 Å². The second-order valence-corrected chi connectivity index (χ2v) is 10.9. The maximum atomic E-state index is 10.6. The zero-order chi connectivity index (χ0) is 29.5. The van der Waals surface area contributed by atoms with E-state index in [2.05, 4.69) is 88.9 Å². The summed E-state index contributed by atoms with van der Waals surface area (Å²) >= 11 is 0. The molecule has 0 amide bonds. The van der Waals surface area contributed by atoms with E-state index >= 15 is 0 Å². The third-order valence-electron chi connectivity index (χ3n) is 8.21. The maximum absolute atomic E-state index is 10.6. The minimum absolute atomic E-state index is 0.154. The van der Waals surface area contributed by atoms with Crippen LogP contribution in [0, 0.1) is 0 Å². The van der Waals surface area contributed by atoms with Gasteiger partial charge in [0.15, 0.2) is 0 Å². The van der Waals surface area contributed by atoms with Gasteiger partial charge in [-0.05, 0) is 65.3 Å².